The third kappa shape index (κ3) is 4.52. The lowest BCUT2D eigenvalue weighted by molar-refractivity contribution is 0.486. The summed E-state index contributed by atoms with van der Waals surface area (Å²) in [7, 11) is 1.44. The Morgan fingerprint density at radius 3 is 2.44 bits per heavy atom. The summed E-state index contributed by atoms with van der Waals surface area (Å²) in [4.78, 5) is 46.4. The molecule has 5 rings (SSSR count). The van der Waals surface area contributed by atoms with Crippen molar-refractivity contribution in [1.29, 1.82) is 0 Å². The van der Waals surface area contributed by atoms with Crippen molar-refractivity contribution in [2.75, 3.05) is 18.0 Å². The van der Waals surface area contributed by atoms with Crippen molar-refractivity contribution < 1.29 is 0 Å². The normalized spacial score (nSPS) is 14.5. The molecule has 186 valence electrons. The maximum absolute atomic E-state index is 13.7. The summed E-state index contributed by atoms with van der Waals surface area (Å²) in [6, 6.07) is 13.7. The number of piperidine rings is 1. The van der Waals surface area contributed by atoms with Crippen molar-refractivity contribution >= 4 is 44.3 Å². The molecule has 0 bridgehead atoms. The maximum Gasteiger partial charge on any atom is 0.332 e. The topological polar surface area (TPSA) is 108 Å². The van der Waals surface area contributed by atoms with Gasteiger partial charge >= 0.3 is 5.69 Å². The van der Waals surface area contributed by atoms with Crippen LogP contribution in [0.2, 0.25) is 5.02 Å². The van der Waals surface area contributed by atoms with Crippen molar-refractivity contribution in [3.63, 3.8) is 0 Å². The van der Waals surface area contributed by atoms with E-state index in [2.05, 4.69) is 15.9 Å². The molecule has 0 amide bonds. The van der Waals surface area contributed by atoms with Crippen LogP contribution in [0, 0.1) is 0 Å². The molecule has 4 aromatic rings. The van der Waals surface area contributed by atoms with Gasteiger partial charge in [-0.2, -0.15) is 0 Å². The number of rotatable bonds is 4. The predicted octanol–water partition coefficient (Wildman–Crippen LogP) is 2.64. The largest absolute Gasteiger partial charge is 0.358 e. The SMILES string of the molecule is Cn1c(=O)cc(N2CCC(N)CC2)n(Cc2nc3ccc(Br)cc3c(=O)n2-c2ccc(Cl)cc2)c1=O. The molecule has 9 nitrogen and oxygen atoms in total. The highest BCUT2D eigenvalue weighted by Gasteiger charge is 2.23. The van der Waals surface area contributed by atoms with E-state index in [0.717, 1.165) is 21.9 Å². The number of halogens is 2. The Morgan fingerprint density at radius 2 is 1.75 bits per heavy atom. The summed E-state index contributed by atoms with van der Waals surface area (Å²) >= 11 is 9.52. The maximum atomic E-state index is 13.7. The molecule has 2 aromatic heterocycles. The molecule has 0 atom stereocenters. The number of fused-ring (bicyclic) bond motifs is 1. The van der Waals surface area contributed by atoms with Gasteiger partial charge in [-0.15, -0.1) is 0 Å². The highest BCUT2D eigenvalue weighted by Crippen LogP contribution is 2.22. The van der Waals surface area contributed by atoms with Gasteiger partial charge in [0.1, 0.15) is 11.6 Å². The van der Waals surface area contributed by atoms with Crippen LogP contribution in [-0.4, -0.2) is 37.8 Å². The minimum Gasteiger partial charge on any atom is -0.358 e. The number of aromatic nitrogens is 4. The van der Waals surface area contributed by atoms with E-state index in [4.69, 9.17) is 22.3 Å². The van der Waals surface area contributed by atoms with Gasteiger partial charge < -0.3 is 10.6 Å². The number of benzene rings is 2. The van der Waals surface area contributed by atoms with Crippen molar-refractivity contribution in [2.24, 2.45) is 12.8 Å². The van der Waals surface area contributed by atoms with E-state index in [1.807, 2.05) is 11.0 Å². The van der Waals surface area contributed by atoms with E-state index in [1.165, 1.54) is 22.2 Å². The van der Waals surface area contributed by atoms with Crippen LogP contribution in [0.1, 0.15) is 18.7 Å². The number of anilines is 1. The Labute approximate surface area is 219 Å². The summed E-state index contributed by atoms with van der Waals surface area (Å²) in [6.07, 6.45) is 1.50. The zero-order chi connectivity index (χ0) is 25.6. The molecular weight excluding hydrogens is 548 g/mol. The van der Waals surface area contributed by atoms with Crippen LogP contribution in [0.25, 0.3) is 16.6 Å². The van der Waals surface area contributed by atoms with Crippen LogP contribution < -0.4 is 27.4 Å². The first kappa shape index (κ1) is 24.5. The smallest absolute Gasteiger partial charge is 0.332 e. The third-order valence-electron chi connectivity index (χ3n) is 6.53. The average molecular weight is 572 g/mol. The summed E-state index contributed by atoms with van der Waals surface area (Å²) in [6.45, 7) is 1.22. The van der Waals surface area contributed by atoms with E-state index < -0.39 is 11.2 Å². The number of hydrogen-bond donors (Lipinski definition) is 1. The van der Waals surface area contributed by atoms with Crippen LogP contribution in [0.5, 0.6) is 0 Å². The fourth-order valence-corrected chi connectivity index (χ4v) is 4.99. The van der Waals surface area contributed by atoms with Gasteiger partial charge in [0, 0.05) is 41.7 Å². The molecule has 11 heteroatoms. The zero-order valence-corrected chi connectivity index (χ0v) is 21.9. The van der Waals surface area contributed by atoms with Gasteiger partial charge in [-0.3, -0.25) is 23.3 Å². The summed E-state index contributed by atoms with van der Waals surface area (Å²) < 4.78 is 4.79. The van der Waals surface area contributed by atoms with Crippen LogP contribution in [0.3, 0.4) is 0 Å². The van der Waals surface area contributed by atoms with Gasteiger partial charge in [-0.1, -0.05) is 27.5 Å². The number of hydrogen-bond acceptors (Lipinski definition) is 6. The monoisotopic (exact) mass is 570 g/mol. The molecule has 0 aliphatic carbocycles. The Balaban J connectivity index is 1.74. The Bertz CT molecular complexity index is 1640. The van der Waals surface area contributed by atoms with Crippen LogP contribution in [-0.2, 0) is 13.6 Å². The Kier molecular flexibility index (Phi) is 6.59. The second kappa shape index (κ2) is 9.68. The quantitative estimate of drug-likeness (QED) is 0.404. The Morgan fingerprint density at radius 1 is 1.06 bits per heavy atom. The van der Waals surface area contributed by atoms with E-state index in [0.29, 0.717) is 46.3 Å². The lowest BCUT2D eigenvalue weighted by Crippen LogP contribution is -2.46. The minimum absolute atomic E-state index is 0.0191. The third-order valence-corrected chi connectivity index (χ3v) is 7.27. The molecule has 2 aromatic carbocycles. The molecule has 1 saturated heterocycles. The molecule has 36 heavy (non-hydrogen) atoms. The van der Waals surface area contributed by atoms with Crippen LogP contribution in [0.15, 0.2) is 67.4 Å². The second-order valence-corrected chi connectivity index (χ2v) is 10.3. The van der Waals surface area contributed by atoms with E-state index in [9.17, 15) is 14.4 Å². The standard InChI is InChI=1S/C25H24BrClN6O3/c1-30-23(34)13-22(31-10-8-17(28)9-11-31)32(25(30)36)14-21-29-20-7-2-15(26)12-19(20)24(35)33(21)18-5-3-16(27)4-6-18/h2-7,12-13,17H,8-11,14,28H2,1H3. The van der Waals surface area contributed by atoms with E-state index in [1.54, 1.807) is 36.4 Å². The van der Waals surface area contributed by atoms with Crippen molar-refractivity contribution in [3.05, 3.63) is 95.0 Å². The van der Waals surface area contributed by atoms with Gasteiger partial charge in [-0.05, 0) is 55.3 Å². The Hall–Kier alpha value is -3.21. The molecule has 0 unspecified atom stereocenters. The highest BCUT2D eigenvalue weighted by atomic mass is 79.9. The molecule has 0 radical (unpaired) electrons. The van der Waals surface area contributed by atoms with Crippen molar-refractivity contribution in [3.8, 4) is 5.69 Å². The second-order valence-electron chi connectivity index (χ2n) is 8.90. The fraction of sp³-hybridized carbons (Fsp3) is 0.280. The first-order chi connectivity index (χ1) is 17.2. The van der Waals surface area contributed by atoms with Gasteiger partial charge in [0.15, 0.2) is 0 Å². The van der Waals surface area contributed by atoms with Crippen molar-refractivity contribution in [2.45, 2.75) is 25.4 Å². The molecule has 1 aliphatic heterocycles. The lowest BCUT2D eigenvalue weighted by Gasteiger charge is -2.33. The number of nitrogens with zero attached hydrogens (tertiary/aromatic N) is 5. The first-order valence-corrected chi connectivity index (χ1v) is 12.7. The zero-order valence-electron chi connectivity index (χ0n) is 19.5. The molecule has 3 heterocycles. The van der Waals surface area contributed by atoms with Gasteiger partial charge in [0.05, 0.1) is 23.1 Å². The molecule has 1 fully saturated rings. The van der Waals surface area contributed by atoms with Gasteiger partial charge in [0.25, 0.3) is 11.1 Å². The first-order valence-electron chi connectivity index (χ1n) is 11.5. The van der Waals surface area contributed by atoms with Crippen LogP contribution in [0.4, 0.5) is 5.82 Å². The lowest BCUT2D eigenvalue weighted by atomic mass is 10.1. The molecule has 0 spiro atoms. The van der Waals surface area contributed by atoms with E-state index in [-0.39, 0.29) is 18.1 Å². The molecule has 0 saturated carbocycles. The highest BCUT2D eigenvalue weighted by molar-refractivity contribution is 9.10. The van der Waals surface area contributed by atoms with E-state index >= 15 is 0 Å². The predicted molar refractivity (Wildman–Crippen MR) is 145 cm³/mol. The fourth-order valence-electron chi connectivity index (χ4n) is 4.51. The molecular formula is C25H24BrClN6O3. The van der Waals surface area contributed by atoms with Crippen molar-refractivity contribution in [1.82, 2.24) is 18.7 Å². The average Bonchev–Trinajstić information content (AvgIpc) is 2.86. The minimum atomic E-state index is -0.486. The van der Waals surface area contributed by atoms with Gasteiger partial charge in [0.2, 0.25) is 0 Å². The molecule has 1 aliphatic rings. The summed E-state index contributed by atoms with van der Waals surface area (Å²) in [5, 5.41) is 0.964. The van der Waals surface area contributed by atoms with Gasteiger partial charge in [-0.25, -0.2) is 9.78 Å². The number of nitrogens with two attached hydrogens (primary N) is 1. The summed E-state index contributed by atoms with van der Waals surface area (Å²) in [5.74, 6) is 0.843. The summed E-state index contributed by atoms with van der Waals surface area (Å²) in [5.41, 5.74) is 5.99. The van der Waals surface area contributed by atoms with Crippen LogP contribution >= 0.6 is 27.5 Å². The molecule has 2 N–H and O–H groups in total.